The molecule has 0 unspecified atom stereocenters. The van der Waals surface area contributed by atoms with Crippen molar-refractivity contribution in [3.8, 4) is 17.2 Å². The average molecular weight is 467 g/mol. The van der Waals surface area contributed by atoms with Crippen LogP contribution in [0.3, 0.4) is 0 Å². The number of halogens is 1. The van der Waals surface area contributed by atoms with Crippen molar-refractivity contribution in [3.05, 3.63) is 63.4 Å². The van der Waals surface area contributed by atoms with Gasteiger partial charge in [0.15, 0.2) is 12.4 Å². The first-order valence-corrected chi connectivity index (χ1v) is 11.1. The zero-order valence-corrected chi connectivity index (χ0v) is 18.3. The second-order valence-corrected chi connectivity index (χ2v) is 8.66. The zero-order valence-electron chi connectivity index (χ0n) is 16.7. The molecule has 164 valence electrons. The van der Waals surface area contributed by atoms with Crippen LogP contribution in [0, 0.1) is 10.1 Å². The molecule has 0 bridgehead atoms. The molecule has 0 aliphatic rings. The maximum absolute atomic E-state index is 12.6. The SMILES string of the molecule is CCN(CC)S(=O)(=O)c1ccc(OCc2noc(-c3ccc(Cl)cc3)n2)c([N+](=O)[O-])c1. The summed E-state index contributed by atoms with van der Waals surface area (Å²) in [6.45, 7) is 3.67. The van der Waals surface area contributed by atoms with E-state index < -0.39 is 20.6 Å². The van der Waals surface area contributed by atoms with Crippen molar-refractivity contribution in [1.29, 1.82) is 0 Å². The molecule has 0 saturated heterocycles. The molecule has 10 nitrogen and oxygen atoms in total. The molecule has 1 heterocycles. The summed E-state index contributed by atoms with van der Waals surface area (Å²) in [6, 6.07) is 10.3. The number of nitro groups is 1. The van der Waals surface area contributed by atoms with E-state index in [0.717, 1.165) is 6.07 Å². The molecule has 0 saturated carbocycles. The molecule has 31 heavy (non-hydrogen) atoms. The second-order valence-electron chi connectivity index (χ2n) is 6.29. The lowest BCUT2D eigenvalue weighted by molar-refractivity contribution is -0.386. The van der Waals surface area contributed by atoms with E-state index in [2.05, 4.69) is 10.1 Å². The topological polar surface area (TPSA) is 129 Å². The van der Waals surface area contributed by atoms with Gasteiger partial charge in [0.05, 0.1) is 9.82 Å². The predicted octanol–water partition coefficient (Wildman–Crippen LogP) is 3.91. The van der Waals surface area contributed by atoms with Gasteiger partial charge in [-0.15, -0.1) is 0 Å². The number of hydrogen-bond acceptors (Lipinski definition) is 8. The van der Waals surface area contributed by atoms with Crippen LogP contribution in [-0.2, 0) is 16.6 Å². The number of hydrogen-bond donors (Lipinski definition) is 0. The third-order valence-corrected chi connectivity index (χ3v) is 6.68. The average Bonchev–Trinajstić information content (AvgIpc) is 3.22. The number of benzene rings is 2. The van der Waals surface area contributed by atoms with Gasteiger partial charge in [-0.25, -0.2) is 8.42 Å². The summed E-state index contributed by atoms with van der Waals surface area (Å²) < 4.78 is 37.1. The van der Waals surface area contributed by atoms with Crippen LogP contribution in [0.1, 0.15) is 19.7 Å². The van der Waals surface area contributed by atoms with E-state index in [4.69, 9.17) is 20.9 Å². The van der Waals surface area contributed by atoms with Crippen LogP contribution < -0.4 is 4.74 Å². The Bertz CT molecular complexity index is 1180. The maximum Gasteiger partial charge on any atom is 0.312 e. The van der Waals surface area contributed by atoms with Crippen LogP contribution in [0.15, 0.2) is 51.9 Å². The van der Waals surface area contributed by atoms with Crippen LogP contribution in [0.2, 0.25) is 5.02 Å². The lowest BCUT2D eigenvalue weighted by atomic mass is 10.2. The highest BCUT2D eigenvalue weighted by atomic mass is 35.5. The molecule has 1 aromatic heterocycles. The van der Waals surface area contributed by atoms with Crippen LogP contribution >= 0.6 is 11.6 Å². The van der Waals surface area contributed by atoms with Gasteiger partial charge in [-0.1, -0.05) is 30.6 Å². The van der Waals surface area contributed by atoms with Gasteiger partial charge in [-0.3, -0.25) is 10.1 Å². The molecule has 0 radical (unpaired) electrons. The van der Waals surface area contributed by atoms with Crippen molar-refractivity contribution in [2.24, 2.45) is 0 Å². The van der Waals surface area contributed by atoms with Crippen LogP contribution in [0.4, 0.5) is 5.69 Å². The summed E-state index contributed by atoms with van der Waals surface area (Å²) in [5, 5.41) is 15.8. The van der Waals surface area contributed by atoms with Gasteiger partial charge >= 0.3 is 5.69 Å². The molecule has 0 N–H and O–H groups in total. The summed E-state index contributed by atoms with van der Waals surface area (Å²) in [5.74, 6) is 0.297. The number of rotatable bonds is 9. The minimum Gasteiger partial charge on any atom is -0.478 e. The van der Waals surface area contributed by atoms with Gasteiger partial charge in [0.2, 0.25) is 15.8 Å². The minimum atomic E-state index is -3.85. The van der Waals surface area contributed by atoms with Crippen molar-refractivity contribution >= 4 is 27.3 Å². The van der Waals surface area contributed by atoms with Gasteiger partial charge in [-0.05, 0) is 36.4 Å². The third-order valence-electron chi connectivity index (χ3n) is 4.39. The summed E-state index contributed by atoms with van der Waals surface area (Å²) in [4.78, 5) is 14.8. The molecule has 12 heteroatoms. The lowest BCUT2D eigenvalue weighted by Crippen LogP contribution is -2.30. The Morgan fingerprint density at radius 1 is 1.16 bits per heavy atom. The van der Waals surface area contributed by atoms with Gasteiger partial charge in [0, 0.05) is 29.7 Å². The molecule has 3 rings (SSSR count). The number of nitro benzene ring substituents is 1. The lowest BCUT2D eigenvalue weighted by Gasteiger charge is -2.18. The third kappa shape index (κ3) is 5.01. The van der Waals surface area contributed by atoms with Crippen LogP contribution in [0.5, 0.6) is 5.75 Å². The molecule has 0 fully saturated rings. The quantitative estimate of drug-likeness (QED) is 0.343. The van der Waals surface area contributed by atoms with Crippen LogP contribution in [0.25, 0.3) is 11.5 Å². The Balaban J connectivity index is 1.81. The minimum absolute atomic E-state index is 0.110. The van der Waals surface area contributed by atoms with Gasteiger partial charge in [0.25, 0.3) is 5.89 Å². The van der Waals surface area contributed by atoms with E-state index in [1.54, 1.807) is 38.1 Å². The summed E-state index contributed by atoms with van der Waals surface area (Å²) in [7, 11) is -3.85. The van der Waals surface area contributed by atoms with Crippen molar-refractivity contribution < 1.29 is 22.6 Å². The molecule has 0 amide bonds. The smallest absolute Gasteiger partial charge is 0.312 e. The molecular formula is C19H19ClN4O6S. The Morgan fingerprint density at radius 3 is 2.45 bits per heavy atom. The maximum atomic E-state index is 12.6. The van der Waals surface area contributed by atoms with E-state index in [-0.39, 0.29) is 42.1 Å². The van der Waals surface area contributed by atoms with Gasteiger partial charge in [-0.2, -0.15) is 9.29 Å². The number of nitrogens with zero attached hydrogens (tertiary/aromatic N) is 4. The Hall–Kier alpha value is -3.02. The van der Waals surface area contributed by atoms with Crippen molar-refractivity contribution in [2.45, 2.75) is 25.3 Å². The fraction of sp³-hybridized carbons (Fsp3) is 0.263. The van der Waals surface area contributed by atoms with Gasteiger partial charge in [0.1, 0.15) is 0 Å². The van der Waals surface area contributed by atoms with Gasteiger partial charge < -0.3 is 9.26 Å². The number of aromatic nitrogens is 2. The predicted molar refractivity (Wildman–Crippen MR) is 112 cm³/mol. The normalized spacial score (nSPS) is 11.6. The van der Waals surface area contributed by atoms with E-state index in [9.17, 15) is 18.5 Å². The molecule has 0 aliphatic carbocycles. The first kappa shape index (κ1) is 22.7. The first-order valence-electron chi connectivity index (χ1n) is 9.26. The van der Waals surface area contributed by atoms with E-state index in [1.165, 1.54) is 16.4 Å². The molecule has 2 aromatic carbocycles. The fourth-order valence-corrected chi connectivity index (χ4v) is 4.40. The molecule has 0 aliphatic heterocycles. The highest BCUT2D eigenvalue weighted by molar-refractivity contribution is 7.89. The number of sulfonamides is 1. The largest absolute Gasteiger partial charge is 0.478 e. The molecule has 3 aromatic rings. The Labute approximate surface area is 183 Å². The first-order chi connectivity index (χ1) is 14.8. The number of ether oxygens (including phenoxy) is 1. The zero-order chi connectivity index (χ0) is 22.6. The highest BCUT2D eigenvalue weighted by Gasteiger charge is 2.26. The summed E-state index contributed by atoms with van der Waals surface area (Å²) in [6.07, 6.45) is 0. The Kier molecular flexibility index (Phi) is 6.88. The van der Waals surface area contributed by atoms with Crippen molar-refractivity contribution in [3.63, 3.8) is 0 Å². The molecule has 0 atom stereocenters. The summed E-state index contributed by atoms with van der Waals surface area (Å²) in [5.41, 5.74) is 0.176. The second kappa shape index (κ2) is 9.41. The van der Waals surface area contributed by atoms with E-state index in [1.807, 2.05) is 0 Å². The molecular weight excluding hydrogens is 448 g/mol. The van der Waals surface area contributed by atoms with Crippen molar-refractivity contribution in [2.75, 3.05) is 13.1 Å². The summed E-state index contributed by atoms with van der Waals surface area (Å²) >= 11 is 5.85. The monoisotopic (exact) mass is 466 g/mol. The van der Waals surface area contributed by atoms with E-state index >= 15 is 0 Å². The van der Waals surface area contributed by atoms with Crippen LogP contribution in [-0.4, -0.2) is 40.9 Å². The highest BCUT2D eigenvalue weighted by Crippen LogP contribution is 2.31. The standard InChI is InChI=1S/C19H19ClN4O6S/c1-3-23(4-2)31(27,28)15-9-10-17(16(11-15)24(25)26)29-12-18-21-19(30-22-18)13-5-7-14(20)8-6-13/h5-11H,3-4,12H2,1-2H3. The van der Waals surface area contributed by atoms with Crippen molar-refractivity contribution in [1.82, 2.24) is 14.4 Å². The fourth-order valence-electron chi connectivity index (χ4n) is 2.80. The molecule has 0 spiro atoms. The van der Waals surface area contributed by atoms with E-state index in [0.29, 0.717) is 10.6 Å². The Morgan fingerprint density at radius 2 is 1.84 bits per heavy atom.